The number of hydrogen-bond acceptors (Lipinski definition) is 5. The molecule has 0 radical (unpaired) electrons. The van der Waals surface area contributed by atoms with Crippen molar-refractivity contribution in [3.05, 3.63) is 16.6 Å². The summed E-state index contributed by atoms with van der Waals surface area (Å²) in [6.07, 6.45) is 3.39. The molecule has 0 bridgehead atoms. The van der Waals surface area contributed by atoms with Gasteiger partial charge in [-0.05, 0) is 6.42 Å². The molecule has 17 heavy (non-hydrogen) atoms. The van der Waals surface area contributed by atoms with E-state index in [4.69, 9.17) is 0 Å². The zero-order valence-electron chi connectivity index (χ0n) is 9.63. The number of aromatic nitrogens is 1. The Bertz CT molecular complexity index is 456. The summed E-state index contributed by atoms with van der Waals surface area (Å²) < 4.78 is 23.8. The number of thiazole rings is 1. The maximum Gasteiger partial charge on any atom is 0.235 e. The highest BCUT2D eigenvalue weighted by Crippen LogP contribution is 2.18. The van der Waals surface area contributed by atoms with Gasteiger partial charge in [0.2, 0.25) is 15.9 Å². The maximum absolute atomic E-state index is 11.5. The molecule has 1 atom stereocenters. The van der Waals surface area contributed by atoms with Gasteiger partial charge >= 0.3 is 0 Å². The quantitative estimate of drug-likeness (QED) is 0.780. The highest BCUT2D eigenvalue weighted by atomic mass is 32.2. The predicted molar refractivity (Wildman–Crippen MR) is 66.1 cm³/mol. The molecule has 0 aromatic carbocycles. The topological polar surface area (TPSA) is 88.2 Å². The van der Waals surface area contributed by atoms with Crippen molar-refractivity contribution in [2.45, 2.75) is 19.4 Å². The summed E-state index contributed by atoms with van der Waals surface area (Å²) in [5.41, 5.74) is 0. The van der Waals surface area contributed by atoms with Crippen LogP contribution >= 0.6 is 11.3 Å². The van der Waals surface area contributed by atoms with Gasteiger partial charge in [-0.3, -0.25) is 4.79 Å². The van der Waals surface area contributed by atoms with Gasteiger partial charge in [-0.1, -0.05) is 6.92 Å². The van der Waals surface area contributed by atoms with E-state index in [1.807, 2.05) is 12.3 Å². The zero-order valence-corrected chi connectivity index (χ0v) is 11.3. The Morgan fingerprint density at radius 2 is 2.29 bits per heavy atom. The molecule has 1 aromatic rings. The number of carbonyl (C=O) groups excluding carboxylic acids is 1. The van der Waals surface area contributed by atoms with Crippen LogP contribution in [0.25, 0.3) is 0 Å². The second-order valence-corrected chi connectivity index (χ2v) is 6.25. The first-order valence-electron chi connectivity index (χ1n) is 5.05. The second-order valence-electron chi connectivity index (χ2n) is 3.49. The van der Waals surface area contributed by atoms with Gasteiger partial charge in [-0.25, -0.2) is 18.1 Å². The molecule has 0 saturated carbocycles. The van der Waals surface area contributed by atoms with Crippen molar-refractivity contribution in [2.75, 3.05) is 12.8 Å². The summed E-state index contributed by atoms with van der Waals surface area (Å²) in [6.45, 7) is 1.68. The third-order valence-corrected chi connectivity index (χ3v) is 3.55. The fraction of sp³-hybridized carbons (Fsp3) is 0.556. The maximum atomic E-state index is 11.5. The monoisotopic (exact) mass is 277 g/mol. The van der Waals surface area contributed by atoms with Gasteiger partial charge in [-0.15, -0.1) is 11.3 Å². The number of rotatable bonds is 6. The number of nitrogens with zero attached hydrogens (tertiary/aromatic N) is 1. The lowest BCUT2D eigenvalue weighted by atomic mass is 10.2. The fourth-order valence-corrected chi connectivity index (χ4v) is 2.35. The van der Waals surface area contributed by atoms with Crippen LogP contribution in [0.1, 0.15) is 24.4 Å². The number of sulfonamides is 1. The molecule has 0 unspecified atom stereocenters. The number of carbonyl (C=O) groups is 1. The molecule has 1 aromatic heterocycles. The average Bonchev–Trinajstić information content (AvgIpc) is 2.75. The van der Waals surface area contributed by atoms with Gasteiger partial charge in [0, 0.05) is 11.6 Å². The SMILES string of the molecule is CC[C@@H](NC(=O)CNS(C)(=O)=O)c1nccs1. The summed E-state index contributed by atoms with van der Waals surface area (Å²) in [4.78, 5) is 15.6. The summed E-state index contributed by atoms with van der Waals surface area (Å²) in [5.74, 6) is -0.363. The van der Waals surface area contributed by atoms with Crippen LogP contribution in [0.15, 0.2) is 11.6 Å². The van der Waals surface area contributed by atoms with Crippen LogP contribution in [-0.4, -0.2) is 32.1 Å². The molecule has 1 heterocycles. The summed E-state index contributed by atoms with van der Waals surface area (Å²) >= 11 is 1.46. The second kappa shape index (κ2) is 6.08. The minimum absolute atomic E-state index is 0.163. The standard InChI is InChI=1S/C9H15N3O3S2/c1-3-7(9-10-4-5-16-9)12-8(13)6-11-17(2,14)15/h4-5,7,11H,3,6H2,1-2H3,(H,12,13)/t7-/m1/s1. The number of nitrogens with one attached hydrogen (secondary N) is 2. The molecule has 1 amide bonds. The van der Waals surface area contributed by atoms with Crippen LogP contribution in [0.2, 0.25) is 0 Å². The first kappa shape index (κ1) is 14.1. The van der Waals surface area contributed by atoms with Crippen LogP contribution in [0.5, 0.6) is 0 Å². The van der Waals surface area contributed by atoms with Crippen molar-refractivity contribution in [2.24, 2.45) is 0 Å². The molecular formula is C9H15N3O3S2. The number of hydrogen-bond donors (Lipinski definition) is 2. The van der Waals surface area contributed by atoms with E-state index in [1.165, 1.54) is 11.3 Å². The Morgan fingerprint density at radius 3 is 2.76 bits per heavy atom. The molecule has 0 spiro atoms. The molecule has 0 aliphatic rings. The molecule has 1 rings (SSSR count). The van der Waals surface area contributed by atoms with E-state index in [2.05, 4.69) is 15.0 Å². The Balaban J connectivity index is 2.49. The minimum atomic E-state index is -3.34. The Hall–Kier alpha value is -0.990. The van der Waals surface area contributed by atoms with Gasteiger partial charge < -0.3 is 5.32 Å². The van der Waals surface area contributed by atoms with Crippen molar-refractivity contribution in [3.63, 3.8) is 0 Å². The third-order valence-electron chi connectivity index (χ3n) is 1.99. The first-order valence-corrected chi connectivity index (χ1v) is 7.83. The van der Waals surface area contributed by atoms with Crippen LogP contribution in [0, 0.1) is 0 Å². The molecule has 0 aliphatic heterocycles. The number of amides is 1. The van der Waals surface area contributed by atoms with E-state index in [0.717, 1.165) is 11.3 Å². The Morgan fingerprint density at radius 1 is 1.59 bits per heavy atom. The predicted octanol–water partition coefficient (Wildman–Crippen LogP) is 0.260. The van der Waals surface area contributed by atoms with Crippen LogP contribution in [-0.2, 0) is 14.8 Å². The largest absolute Gasteiger partial charge is 0.346 e. The molecule has 0 fully saturated rings. The van der Waals surface area contributed by atoms with Gasteiger partial charge in [0.05, 0.1) is 18.8 Å². The summed E-state index contributed by atoms with van der Waals surface area (Å²) in [5, 5.41) is 5.38. The lowest BCUT2D eigenvalue weighted by molar-refractivity contribution is -0.120. The molecule has 6 nitrogen and oxygen atoms in total. The molecular weight excluding hydrogens is 262 g/mol. The lowest BCUT2D eigenvalue weighted by Gasteiger charge is -2.14. The van der Waals surface area contributed by atoms with Gasteiger partial charge in [-0.2, -0.15) is 0 Å². The minimum Gasteiger partial charge on any atom is -0.346 e. The Kier molecular flexibility index (Phi) is 5.03. The van der Waals surface area contributed by atoms with Crippen molar-refractivity contribution in [3.8, 4) is 0 Å². The van der Waals surface area contributed by atoms with E-state index in [0.29, 0.717) is 6.42 Å². The van der Waals surface area contributed by atoms with Gasteiger partial charge in [0.1, 0.15) is 5.01 Å². The van der Waals surface area contributed by atoms with Crippen LogP contribution in [0.4, 0.5) is 0 Å². The third kappa shape index (κ3) is 5.24. The van der Waals surface area contributed by atoms with Crippen LogP contribution < -0.4 is 10.0 Å². The smallest absolute Gasteiger partial charge is 0.235 e. The van der Waals surface area contributed by atoms with E-state index >= 15 is 0 Å². The van der Waals surface area contributed by atoms with E-state index in [9.17, 15) is 13.2 Å². The molecule has 0 aliphatic carbocycles. The molecule has 0 saturated heterocycles. The highest BCUT2D eigenvalue weighted by molar-refractivity contribution is 7.88. The Labute approximate surface area is 105 Å². The van der Waals surface area contributed by atoms with Crippen molar-refractivity contribution >= 4 is 27.3 Å². The molecule has 8 heteroatoms. The van der Waals surface area contributed by atoms with Crippen molar-refractivity contribution in [1.29, 1.82) is 0 Å². The summed E-state index contributed by atoms with van der Waals surface area (Å²) in [6, 6.07) is -0.163. The van der Waals surface area contributed by atoms with Gasteiger partial charge in [0.25, 0.3) is 0 Å². The average molecular weight is 277 g/mol. The van der Waals surface area contributed by atoms with Crippen LogP contribution in [0.3, 0.4) is 0 Å². The highest BCUT2D eigenvalue weighted by Gasteiger charge is 2.15. The summed E-state index contributed by atoms with van der Waals surface area (Å²) in [7, 11) is -3.34. The van der Waals surface area contributed by atoms with Crippen molar-refractivity contribution < 1.29 is 13.2 Å². The fourth-order valence-electron chi connectivity index (χ4n) is 1.19. The zero-order chi connectivity index (χ0) is 12.9. The first-order chi connectivity index (χ1) is 7.92. The van der Waals surface area contributed by atoms with E-state index in [1.54, 1.807) is 6.20 Å². The normalized spacial score (nSPS) is 13.3. The van der Waals surface area contributed by atoms with Crippen molar-refractivity contribution in [1.82, 2.24) is 15.0 Å². The van der Waals surface area contributed by atoms with E-state index < -0.39 is 10.0 Å². The lowest BCUT2D eigenvalue weighted by Crippen LogP contribution is -2.38. The van der Waals surface area contributed by atoms with E-state index in [-0.39, 0.29) is 18.5 Å². The van der Waals surface area contributed by atoms with Gasteiger partial charge in [0.15, 0.2) is 0 Å². The molecule has 96 valence electrons. The molecule has 2 N–H and O–H groups in total.